The first-order valence-electron chi connectivity index (χ1n) is 12.1. The first-order valence-corrected chi connectivity index (χ1v) is 12.5. The first-order chi connectivity index (χ1) is 17.9. The first kappa shape index (κ1) is 24.9. The Labute approximate surface area is 219 Å². The number of likely N-dealkylation sites (tertiary alicyclic amines) is 1. The molecule has 2 unspecified atom stereocenters. The monoisotopic (exact) mass is 519 g/mol. The summed E-state index contributed by atoms with van der Waals surface area (Å²) in [6, 6.07) is 13.2. The summed E-state index contributed by atoms with van der Waals surface area (Å²) in [5.74, 6) is -0.315. The highest BCUT2D eigenvalue weighted by molar-refractivity contribution is 6.33. The largest absolute Gasteiger partial charge is 0.351 e. The van der Waals surface area contributed by atoms with E-state index in [0.717, 1.165) is 49.2 Å². The number of fused-ring (bicyclic) bond motifs is 2. The Hall–Kier alpha value is -3.75. The number of anilines is 1. The number of carbonyl (C=O) groups is 2. The standard InChI is InChI=1S/C28H27ClFN5O2/c29-25-13-26(33-28(31)37)19(12-24(25)20-2-1-11-32-14-20)5-10-27(36)35-22-8-9-23(35)17-34(16-22)15-18-3-6-21(30)7-4-18/h1-7,10-14,22-23H,8-9,15-17H2,(H3,31,33,37)/b10-5+. The van der Waals surface area contributed by atoms with Crippen LogP contribution in [-0.2, 0) is 11.3 Å². The predicted octanol–water partition coefficient (Wildman–Crippen LogP) is 4.92. The number of urea groups is 1. The van der Waals surface area contributed by atoms with Crippen LogP contribution < -0.4 is 11.1 Å². The van der Waals surface area contributed by atoms with E-state index in [1.165, 1.54) is 12.1 Å². The van der Waals surface area contributed by atoms with Crippen molar-refractivity contribution in [3.05, 3.63) is 89.0 Å². The summed E-state index contributed by atoms with van der Waals surface area (Å²) in [5.41, 5.74) is 8.99. The number of hydrogen-bond acceptors (Lipinski definition) is 4. The fraction of sp³-hybridized carbons (Fsp3) is 0.250. The number of carbonyl (C=O) groups excluding carboxylic acids is 2. The Kier molecular flexibility index (Phi) is 7.21. The molecule has 190 valence electrons. The van der Waals surface area contributed by atoms with Crippen LogP contribution in [0.5, 0.6) is 0 Å². The summed E-state index contributed by atoms with van der Waals surface area (Å²) < 4.78 is 13.2. The van der Waals surface area contributed by atoms with Crippen LogP contribution in [0.25, 0.3) is 17.2 Å². The Morgan fingerprint density at radius 2 is 1.86 bits per heavy atom. The predicted molar refractivity (Wildman–Crippen MR) is 142 cm³/mol. The fourth-order valence-corrected chi connectivity index (χ4v) is 5.56. The average Bonchev–Trinajstić information content (AvgIpc) is 3.15. The van der Waals surface area contributed by atoms with Crippen LogP contribution in [-0.4, -0.2) is 51.9 Å². The number of amides is 3. The van der Waals surface area contributed by atoms with E-state index in [-0.39, 0.29) is 23.8 Å². The van der Waals surface area contributed by atoms with Crippen molar-refractivity contribution in [2.24, 2.45) is 5.73 Å². The van der Waals surface area contributed by atoms with Crippen LogP contribution in [0.15, 0.2) is 67.0 Å². The van der Waals surface area contributed by atoms with E-state index in [1.807, 2.05) is 23.1 Å². The van der Waals surface area contributed by atoms with E-state index in [4.69, 9.17) is 17.3 Å². The van der Waals surface area contributed by atoms with E-state index in [1.54, 1.807) is 42.7 Å². The second-order valence-electron chi connectivity index (χ2n) is 9.43. The third-order valence-electron chi connectivity index (χ3n) is 6.91. The minimum absolute atomic E-state index is 0.0724. The van der Waals surface area contributed by atoms with E-state index in [0.29, 0.717) is 16.3 Å². The van der Waals surface area contributed by atoms with Crippen molar-refractivity contribution in [1.82, 2.24) is 14.8 Å². The van der Waals surface area contributed by atoms with Gasteiger partial charge in [0.15, 0.2) is 0 Å². The van der Waals surface area contributed by atoms with Crippen LogP contribution in [0.3, 0.4) is 0 Å². The number of nitrogens with two attached hydrogens (primary N) is 1. The van der Waals surface area contributed by atoms with Crippen molar-refractivity contribution < 1.29 is 14.0 Å². The molecule has 0 spiro atoms. The molecule has 0 aliphatic carbocycles. The smallest absolute Gasteiger partial charge is 0.316 e. The van der Waals surface area contributed by atoms with Crippen molar-refractivity contribution in [2.75, 3.05) is 18.4 Å². The summed E-state index contributed by atoms with van der Waals surface area (Å²) in [4.78, 5) is 33.4. The maximum Gasteiger partial charge on any atom is 0.316 e. The zero-order valence-electron chi connectivity index (χ0n) is 20.1. The third-order valence-corrected chi connectivity index (χ3v) is 7.22. The Balaban J connectivity index is 1.34. The summed E-state index contributed by atoms with van der Waals surface area (Å²) in [6.45, 7) is 2.28. The quantitative estimate of drug-likeness (QED) is 0.452. The zero-order valence-corrected chi connectivity index (χ0v) is 20.9. The molecule has 1 aromatic heterocycles. The number of hydrogen-bond donors (Lipinski definition) is 2. The Bertz CT molecular complexity index is 1320. The molecule has 2 aliphatic rings. The Morgan fingerprint density at radius 1 is 1.14 bits per heavy atom. The highest BCUT2D eigenvalue weighted by Crippen LogP contribution is 2.34. The van der Waals surface area contributed by atoms with Gasteiger partial charge in [0.1, 0.15) is 5.82 Å². The van der Waals surface area contributed by atoms with Crippen molar-refractivity contribution >= 4 is 35.3 Å². The van der Waals surface area contributed by atoms with Gasteiger partial charge in [0.25, 0.3) is 0 Å². The average molecular weight is 520 g/mol. The summed E-state index contributed by atoms with van der Waals surface area (Å²) in [7, 11) is 0. The topological polar surface area (TPSA) is 91.6 Å². The van der Waals surface area contributed by atoms with Crippen LogP contribution >= 0.6 is 11.6 Å². The highest BCUT2D eigenvalue weighted by Gasteiger charge is 2.41. The third kappa shape index (κ3) is 5.65. The number of benzene rings is 2. The van der Waals surface area contributed by atoms with Crippen LogP contribution in [0.2, 0.25) is 5.02 Å². The van der Waals surface area contributed by atoms with Gasteiger partial charge in [0.2, 0.25) is 5.91 Å². The van der Waals surface area contributed by atoms with Gasteiger partial charge in [-0.15, -0.1) is 0 Å². The molecule has 2 saturated heterocycles. The molecule has 0 saturated carbocycles. The molecule has 2 bridgehead atoms. The second-order valence-corrected chi connectivity index (χ2v) is 9.84. The molecule has 0 radical (unpaired) electrons. The van der Waals surface area contributed by atoms with Crippen LogP contribution in [0.4, 0.5) is 14.9 Å². The minimum atomic E-state index is -0.721. The number of aromatic nitrogens is 1. The molecular weight excluding hydrogens is 493 g/mol. The zero-order chi connectivity index (χ0) is 25.9. The molecule has 3 N–H and O–H groups in total. The summed E-state index contributed by atoms with van der Waals surface area (Å²) >= 11 is 6.49. The van der Waals surface area contributed by atoms with E-state index in [9.17, 15) is 14.0 Å². The molecule has 2 atom stereocenters. The van der Waals surface area contributed by atoms with Gasteiger partial charge in [0.05, 0.1) is 10.7 Å². The molecule has 3 aromatic rings. The Morgan fingerprint density at radius 3 is 2.51 bits per heavy atom. The van der Waals surface area contributed by atoms with Gasteiger partial charge in [0, 0.05) is 61.3 Å². The van der Waals surface area contributed by atoms with Gasteiger partial charge in [-0.25, -0.2) is 9.18 Å². The number of halogens is 2. The number of nitrogens with one attached hydrogen (secondary N) is 1. The minimum Gasteiger partial charge on any atom is -0.351 e. The van der Waals surface area contributed by atoms with E-state index >= 15 is 0 Å². The number of pyridine rings is 1. The van der Waals surface area contributed by atoms with Gasteiger partial charge in [-0.3, -0.25) is 14.7 Å². The van der Waals surface area contributed by atoms with Gasteiger partial charge >= 0.3 is 6.03 Å². The van der Waals surface area contributed by atoms with Gasteiger partial charge in [-0.1, -0.05) is 29.8 Å². The SMILES string of the molecule is NC(=O)Nc1cc(Cl)c(-c2cccnc2)cc1/C=C/C(=O)N1C2CCC1CN(Cc1ccc(F)cc1)C2. The number of rotatable bonds is 6. The van der Waals surface area contributed by atoms with Gasteiger partial charge < -0.3 is 16.0 Å². The molecular formula is C28H27ClFN5O2. The molecule has 3 heterocycles. The summed E-state index contributed by atoms with van der Waals surface area (Å²) in [6.07, 6.45) is 8.50. The van der Waals surface area contributed by atoms with Crippen molar-refractivity contribution in [3.8, 4) is 11.1 Å². The maximum absolute atomic E-state index is 13.3. The molecule has 2 fully saturated rings. The lowest BCUT2D eigenvalue weighted by atomic mass is 10.0. The van der Waals surface area contributed by atoms with Crippen molar-refractivity contribution in [3.63, 3.8) is 0 Å². The van der Waals surface area contributed by atoms with Crippen LogP contribution in [0, 0.1) is 5.82 Å². The molecule has 2 aromatic carbocycles. The second kappa shape index (κ2) is 10.7. The molecule has 37 heavy (non-hydrogen) atoms. The number of nitrogens with zero attached hydrogens (tertiary/aromatic N) is 3. The fourth-order valence-electron chi connectivity index (χ4n) is 5.29. The van der Waals surface area contributed by atoms with Crippen LogP contribution in [0.1, 0.15) is 24.0 Å². The normalized spacial score (nSPS) is 19.4. The van der Waals surface area contributed by atoms with Gasteiger partial charge in [-0.2, -0.15) is 0 Å². The van der Waals surface area contributed by atoms with Crippen molar-refractivity contribution in [2.45, 2.75) is 31.5 Å². The maximum atomic E-state index is 13.3. The molecule has 9 heteroatoms. The van der Waals surface area contributed by atoms with Gasteiger partial charge in [-0.05, 0) is 60.4 Å². The molecule has 2 aliphatic heterocycles. The van der Waals surface area contributed by atoms with E-state index in [2.05, 4.69) is 15.2 Å². The molecule has 5 rings (SSSR count). The van der Waals surface area contributed by atoms with Crippen molar-refractivity contribution in [1.29, 1.82) is 0 Å². The number of piperazine rings is 1. The molecule has 7 nitrogen and oxygen atoms in total. The lowest BCUT2D eigenvalue weighted by Crippen LogP contribution is -2.55. The summed E-state index contributed by atoms with van der Waals surface area (Å²) in [5, 5.41) is 3.02. The van der Waals surface area contributed by atoms with E-state index < -0.39 is 6.03 Å². The lowest BCUT2D eigenvalue weighted by Gasteiger charge is -2.40. The highest BCUT2D eigenvalue weighted by atomic mass is 35.5. The lowest BCUT2D eigenvalue weighted by molar-refractivity contribution is -0.131. The number of primary amides is 1. The molecule has 3 amide bonds.